The summed E-state index contributed by atoms with van der Waals surface area (Å²) in [5.41, 5.74) is 1.54. The molecular weight excluding hydrogens is 282 g/mol. The molecule has 0 bridgehead atoms. The topological polar surface area (TPSA) is 75.6 Å². The largest absolute Gasteiger partial charge is 0.490 e. The lowest BCUT2D eigenvalue weighted by Gasteiger charge is -2.14. The highest BCUT2D eigenvalue weighted by molar-refractivity contribution is 5.96. The molecule has 1 unspecified atom stereocenters. The predicted molar refractivity (Wildman–Crippen MR) is 85.2 cm³/mol. The molecule has 1 amide bonds. The lowest BCUT2D eigenvalue weighted by molar-refractivity contribution is -0.139. The molecule has 1 aromatic carbocycles. The van der Waals surface area contributed by atoms with Crippen molar-refractivity contribution in [1.29, 1.82) is 0 Å². The molecule has 120 valence electrons. The van der Waals surface area contributed by atoms with E-state index < -0.39 is 17.9 Å². The highest BCUT2D eigenvalue weighted by atomic mass is 16.5. The number of hydrogen-bond acceptors (Lipinski definition) is 3. The number of allylic oxidation sites excluding steroid dienone is 1. The van der Waals surface area contributed by atoms with Crippen LogP contribution in [0.5, 0.6) is 5.75 Å². The molecule has 0 aliphatic carbocycles. The summed E-state index contributed by atoms with van der Waals surface area (Å²) < 4.78 is 5.53. The molecule has 2 N–H and O–H groups in total. The summed E-state index contributed by atoms with van der Waals surface area (Å²) in [5, 5.41) is 11.6. The molecular formula is C17H23NO4. The zero-order valence-corrected chi connectivity index (χ0v) is 13.3. The van der Waals surface area contributed by atoms with Crippen LogP contribution >= 0.6 is 0 Å². The standard InChI is InChI=1S/C17H23NO4/c1-4-6-15(17(20)21)18-16(19)13-7-5-8-14(11-13)22-10-9-12(2)3/h5,7-9,11,15H,4,6,10H2,1-3H3,(H,18,19)(H,20,21). The SMILES string of the molecule is CCCC(NC(=O)c1cccc(OCC=C(C)C)c1)C(=O)O. The first-order valence-corrected chi connectivity index (χ1v) is 7.34. The van der Waals surface area contributed by atoms with E-state index >= 15 is 0 Å². The van der Waals surface area contributed by atoms with E-state index in [9.17, 15) is 9.59 Å². The molecule has 5 heteroatoms. The lowest BCUT2D eigenvalue weighted by atomic mass is 10.1. The van der Waals surface area contributed by atoms with E-state index in [1.807, 2.05) is 26.8 Å². The average Bonchev–Trinajstić information content (AvgIpc) is 2.46. The van der Waals surface area contributed by atoms with Crippen molar-refractivity contribution in [3.05, 3.63) is 41.5 Å². The van der Waals surface area contributed by atoms with Gasteiger partial charge < -0.3 is 15.2 Å². The van der Waals surface area contributed by atoms with Gasteiger partial charge >= 0.3 is 5.97 Å². The number of aliphatic carboxylic acids is 1. The summed E-state index contributed by atoms with van der Waals surface area (Å²) in [6.07, 6.45) is 3.02. The number of ether oxygens (including phenoxy) is 1. The third-order valence-corrected chi connectivity index (χ3v) is 3.02. The summed E-state index contributed by atoms with van der Waals surface area (Å²) in [5.74, 6) is -0.854. The fraction of sp³-hybridized carbons (Fsp3) is 0.412. The van der Waals surface area contributed by atoms with Crippen LogP contribution in [0.1, 0.15) is 44.0 Å². The maximum absolute atomic E-state index is 12.1. The predicted octanol–water partition coefficient (Wildman–Crippen LogP) is 3.01. The fourth-order valence-electron chi connectivity index (χ4n) is 1.82. The lowest BCUT2D eigenvalue weighted by Crippen LogP contribution is -2.40. The van der Waals surface area contributed by atoms with E-state index in [1.165, 1.54) is 0 Å². The zero-order chi connectivity index (χ0) is 16.5. The summed E-state index contributed by atoms with van der Waals surface area (Å²) >= 11 is 0. The Balaban J connectivity index is 2.73. The third-order valence-electron chi connectivity index (χ3n) is 3.02. The Morgan fingerprint density at radius 1 is 1.36 bits per heavy atom. The van der Waals surface area contributed by atoms with Gasteiger partial charge in [-0.05, 0) is 44.5 Å². The van der Waals surface area contributed by atoms with Crippen molar-refractivity contribution in [3.8, 4) is 5.75 Å². The molecule has 0 saturated heterocycles. The second-order valence-electron chi connectivity index (χ2n) is 5.27. The first-order chi connectivity index (χ1) is 10.4. The number of amides is 1. The van der Waals surface area contributed by atoms with E-state index in [0.29, 0.717) is 30.8 Å². The minimum Gasteiger partial charge on any atom is -0.490 e. The van der Waals surface area contributed by atoms with Gasteiger partial charge in [-0.3, -0.25) is 4.79 Å². The van der Waals surface area contributed by atoms with Crippen LogP contribution in [0.3, 0.4) is 0 Å². The van der Waals surface area contributed by atoms with Crippen LogP contribution in [-0.2, 0) is 4.79 Å². The van der Waals surface area contributed by atoms with Crippen LogP contribution < -0.4 is 10.1 Å². The van der Waals surface area contributed by atoms with E-state index in [0.717, 1.165) is 5.57 Å². The molecule has 22 heavy (non-hydrogen) atoms. The molecule has 0 aromatic heterocycles. The van der Waals surface area contributed by atoms with Gasteiger partial charge in [0.25, 0.3) is 5.91 Å². The summed E-state index contributed by atoms with van der Waals surface area (Å²) in [4.78, 5) is 23.2. The van der Waals surface area contributed by atoms with Crippen molar-refractivity contribution in [3.63, 3.8) is 0 Å². The first-order valence-electron chi connectivity index (χ1n) is 7.34. The summed E-state index contributed by atoms with van der Waals surface area (Å²) in [6, 6.07) is 5.85. The highest BCUT2D eigenvalue weighted by Gasteiger charge is 2.19. The highest BCUT2D eigenvalue weighted by Crippen LogP contribution is 2.14. The van der Waals surface area contributed by atoms with E-state index in [2.05, 4.69) is 5.32 Å². The van der Waals surface area contributed by atoms with Gasteiger partial charge in [-0.1, -0.05) is 25.0 Å². The minimum atomic E-state index is -1.02. The van der Waals surface area contributed by atoms with Gasteiger partial charge in [0.15, 0.2) is 0 Å². The molecule has 0 saturated carbocycles. The zero-order valence-electron chi connectivity index (χ0n) is 13.3. The van der Waals surface area contributed by atoms with Gasteiger partial charge in [0, 0.05) is 5.56 Å². The molecule has 0 fully saturated rings. The number of carboxylic acid groups (broad SMARTS) is 1. The number of rotatable bonds is 8. The van der Waals surface area contributed by atoms with Crippen LogP contribution in [0.4, 0.5) is 0 Å². The number of benzene rings is 1. The Morgan fingerprint density at radius 2 is 2.09 bits per heavy atom. The van der Waals surface area contributed by atoms with Crippen LogP contribution in [0.15, 0.2) is 35.9 Å². The molecule has 0 aliphatic heterocycles. The molecule has 0 aliphatic rings. The molecule has 5 nitrogen and oxygen atoms in total. The number of hydrogen-bond donors (Lipinski definition) is 2. The first kappa shape index (κ1) is 17.8. The second-order valence-corrected chi connectivity index (χ2v) is 5.27. The minimum absolute atomic E-state index is 0.386. The van der Waals surface area contributed by atoms with E-state index in [-0.39, 0.29) is 0 Å². The van der Waals surface area contributed by atoms with Crippen LogP contribution in [0, 0.1) is 0 Å². The maximum Gasteiger partial charge on any atom is 0.326 e. The summed E-state index contributed by atoms with van der Waals surface area (Å²) in [6.45, 7) is 6.26. The Kier molecular flexibility index (Phi) is 7.16. The van der Waals surface area contributed by atoms with Gasteiger partial charge in [0.2, 0.25) is 0 Å². The summed E-state index contributed by atoms with van der Waals surface area (Å²) in [7, 11) is 0. The monoisotopic (exact) mass is 305 g/mol. The third kappa shape index (κ3) is 5.99. The Bertz CT molecular complexity index is 547. The molecule has 1 aromatic rings. The second kappa shape index (κ2) is 8.87. The Labute approximate surface area is 131 Å². The molecule has 0 heterocycles. The fourth-order valence-corrected chi connectivity index (χ4v) is 1.82. The van der Waals surface area contributed by atoms with Crippen molar-refractivity contribution < 1.29 is 19.4 Å². The van der Waals surface area contributed by atoms with Gasteiger partial charge in [0.1, 0.15) is 18.4 Å². The molecule has 0 spiro atoms. The average molecular weight is 305 g/mol. The number of carbonyl (C=O) groups excluding carboxylic acids is 1. The van der Waals surface area contributed by atoms with Crippen molar-refractivity contribution >= 4 is 11.9 Å². The molecule has 0 radical (unpaired) electrons. The van der Waals surface area contributed by atoms with Gasteiger partial charge in [-0.25, -0.2) is 4.79 Å². The van der Waals surface area contributed by atoms with Gasteiger partial charge in [0.05, 0.1) is 0 Å². The quantitative estimate of drug-likeness (QED) is 0.724. The van der Waals surface area contributed by atoms with Crippen molar-refractivity contribution in [2.45, 2.75) is 39.7 Å². The molecule has 1 atom stereocenters. The van der Waals surface area contributed by atoms with Gasteiger partial charge in [-0.15, -0.1) is 0 Å². The van der Waals surface area contributed by atoms with Crippen LogP contribution in [0.2, 0.25) is 0 Å². The normalized spacial score (nSPS) is 11.4. The van der Waals surface area contributed by atoms with Crippen molar-refractivity contribution in [2.24, 2.45) is 0 Å². The Hall–Kier alpha value is -2.30. The van der Waals surface area contributed by atoms with E-state index in [4.69, 9.17) is 9.84 Å². The number of carboxylic acids is 1. The van der Waals surface area contributed by atoms with Crippen molar-refractivity contribution in [1.82, 2.24) is 5.32 Å². The Morgan fingerprint density at radius 3 is 2.68 bits per heavy atom. The van der Waals surface area contributed by atoms with E-state index in [1.54, 1.807) is 24.3 Å². The van der Waals surface area contributed by atoms with Crippen LogP contribution in [0.25, 0.3) is 0 Å². The number of carbonyl (C=O) groups is 2. The molecule has 1 rings (SSSR count). The van der Waals surface area contributed by atoms with Crippen molar-refractivity contribution in [2.75, 3.05) is 6.61 Å². The maximum atomic E-state index is 12.1. The van der Waals surface area contributed by atoms with Gasteiger partial charge in [-0.2, -0.15) is 0 Å². The smallest absolute Gasteiger partial charge is 0.326 e. The number of nitrogens with one attached hydrogen (secondary N) is 1. The van der Waals surface area contributed by atoms with Crippen LogP contribution in [-0.4, -0.2) is 29.6 Å².